The van der Waals surface area contributed by atoms with Crippen molar-refractivity contribution < 1.29 is 18.3 Å². The number of aliphatic hydroxyl groups is 1. The van der Waals surface area contributed by atoms with Gasteiger partial charge in [0.2, 0.25) is 0 Å². The lowest BCUT2D eigenvalue weighted by Gasteiger charge is -2.48. The van der Waals surface area contributed by atoms with Crippen LogP contribution in [0, 0.1) is 10.8 Å². The van der Waals surface area contributed by atoms with Crippen molar-refractivity contribution in [2.75, 3.05) is 6.61 Å². The largest absolute Gasteiger partial charge is 0.396 e. The molecule has 12 heavy (non-hydrogen) atoms. The van der Waals surface area contributed by atoms with E-state index in [-0.39, 0.29) is 18.3 Å². The molecule has 2 aliphatic carbocycles. The van der Waals surface area contributed by atoms with Crippen molar-refractivity contribution >= 4 is 0 Å². The molecule has 0 aromatic heterocycles. The van der Waals surface area contributed by atoms with Gasteiger partial charge in [-0.1, -0.05) is 0 Å². The summed E-state index contributed by atoms with van der Waals surface area (Å²) in [6.45, 7) is -0.738. The molecule has 0 aromatic carbocycles. The zero-order valence-electron chi connectivity index (χ0n) is 6.62. The average molecular weight is 180 g/mol. The van der Waals surface area contributed by atoms with Gasteiger partial charge in [0.15, 0.2) is 0 Å². The molecular formula is C8H11F3O. The molecule has 2 rings (SSSR count). The van der Waals surface area contributed by atoms with Crippen LogP contribution in [0.1, 0.15) is 25.7 Å². The molecule has 0 aliphatic heterocycles. The molecule has 1 N–H and O–H groups in total. The predicted octanol–water partition coefficient (Wildman–Crippen LogP) is 2.10. The van der Waals surface area contributed by atoms with E-state index in [4.69, 9.17) is 5.11 Å². The van der Waals surface area contributed by atoms with Crippen molar-refractivity contribution in [3.05, 3.63) is 0 Å². The molecule has 2 fully saturated rings. The summed E-state index contributed by atoms with van der Waals surface area (Å²) in [7, 11) is 0. The summed E-state index contributed by atoms with van der Waals surface area (Å²) < 4.78 is 37.1. The maximum Gasteiger partial charge on any atom is 0.396 e. The third-order valence-corrected chi connectivity index (χ3v) is 3.29. The topological polar surface area (TPSA) is 20.2 Å². The van der Waals surface area contributed by atoms with Gasteiger partial charge in [-0.2, -0.15) is 13.2 Å². The monoisotopic (exact) mass is 180 g/mol. The Morgan fingerprint density at radius 3 is 1.92 bits per heavy atom. The molecule has 0 atom stereocenters. The second-order valence-electron chi connectivity index (χ2n) is 4.29. The highest BCUT2D eigenvalue weighted by molar-refractivity contribution is 5.13. The summed E-state index contributed by atoms with van der Waals surface area (Å²) in [5.74, 6) is 0. The fraction of sp³-hybridized carbons (Fsp3) is 1.00. The smallest absolute Gasteiger partial charge is 0.395 e. The molecule has 0 amide bonds. The standard InChI is InChI=1S/C8H11F3O/c9-8(10,11)7(5-12)3-6(4-7)1-2-6/h12H,1-5H2. The molecule has 70 valence electrons. The minimum atomic E-state index is -4.21. The van der Waals surface area contributed by atoms with Crippen molar-refractivity contribution in [3.8, 4) is 0 Å². The Morgan fingerprint density at radius 2 is 1.67 bits per heavy atom. The van der Waals surface area contributed by atoms with E-state index in [1.807, 2.05) is 0 Å². The van der Waals surface area contributed by atoms with Gasteiger partial charge in [0.05, 0.1) is 12.0 Å². The molecular weight excluding hydrogens is 169 g/mol. The number of rotatable bonds is 1. The van der Waals surface area contributed by atoms with E-state index in [1.54, 1.807) is 0 Å². The first-order chi connectivity index (χ1) is 5.43. The SMILES string of the molecule is OCC1(C(F)(F)F)CC2(CC2)C1. The van der Waals surface area contributed by atoms with E-state index in [0.29, 0.717) is 0 Å². The molecule has 0 aromatic rings. The van der Waals surface area contributed by atoms with Crippen LogP contribution in [0.2, 0.25) is 0 Å². The van der Waals surface area contributed by atoms with Crippen LogP contribution in [-0.4, -0.2) is 17.9 Å². The maximum absolute atomic E-state index is 12.4. The lowest BCUT2D eigenvalue weighted by atomic mass is 9.59. The number of halogens is 3. The molecule has 2 saturated carbocycles. The Hall–Kier alpha value is -0.250. The fourth-order valence-electron chi connectivity index (χ4n) is 2.32. The fourth-order valence-corrected chi connectivity index (χ4v) is 2.32. The van der Waals surface area contributed by atoms with Crippen molar-refractivity contribution in [1.29, 1.82) is 0 Å². The molecule has 1 nitrogen and oxygen atoms in total. The number of alkyl halides is 3. The van der Waals surface area contributed by atoms with Gasteiger partial charge in [-0.3, -0.25) is 0 Å². The maximum atomic E-state index is 12.4. The van der Waals surface area contributed by atoms with E-state index in [1.165, 1.54) is 0 Å². The van der Waals surface area contributed by atoms with Gasteiger partial charge in [0.1, 0.15) is 0 Å². The van der Waals surface area contributed by atoms with Gasteiger partial charge in [-0.25, -0.2) is 0 Å². The highest BCUT2D eigenvalue weighted by Gasteiger charge is 2.70. The molecule has 1 spiro atoms. The van der Waals surface area contributed by atoms with Gasteiger partial charge in [0, 0.05) is 0 Å². The summed E-state index contributed by atoms with van der Waals surface area (Å²) in [5.41, 5.74) is -1.76. The third-order valence-electron chi connectivity index (χ3n) is 3.29. The van der Waals surface area contributed by atoms with Crippen LogP contribution in [0.5, 0.6) is 0 Å². The molecule has 2 aliphatic rings. The number of hydrogen-bond donors (Lipinski definition) is 1. The van der Waals surface area contributed by atoms with E-state index in [0.717, 1.165) is 12.8 Å². The van der Waals surface area contributed by atoms with Crippen LogP contribution in [0.4, 0.5) is 13.2 Å². The summed E-state index contributed by atoms with van der Waals surface area (Å²) >= 11 is 0. The molecule has 0 unspecified atom stereocenters. The molecule has 0 radical (unpaired) electrons. The van der Waals surface area contributed by atoms with Crippen LogP contribution in [0.25, 0.3) is 0 Å². The second-order valence-corrected chi connectivity index (χ2v) is 4.29. The van der Waals surface area contributed by atoms with Gasteiger partial charge in [-0.15, -0.1) is 0 Å². The predicted molar refractivity (Wildman–Crippen MR) is 36.5 cm³/mol. The van der Waals surface area contributed by atoms with Crippen molar-refractivity contribution in [3.63, 3.8) is 0 Å². The Kier molecular flexibility index (Phi) is 1.37. The minimum absolute atomic E-state index is 0.0156. The summed E-state index contributed by atoms with van der Waals surface area (Å²) in [6.07, 6.45) is -2.06. The Balaban J connectivity index is 2.09. The minimum Gasteiger partial charge on any atom is -0.395 e. The van der Waals surface area contributed by atoms with E-state index >= 15 is 0 Å². The van der Waals surface area contributed by atoms with Gasteiger partial charge < -0.3 is 5.11 Å². The highest BCUT2D eigenvalue weighted by atomic mass is 19.4. The molecule has 0 bridgehead atoms. The van der Waals surface area contributed by atoms with Crippen molar-refractivity contribution in [2.24, 2.45) is 10.8 Å². The first kappa shape index (κ1) is 8.35. The Bertz CT molecular complexity index is 197. The quantitative estimate of drug-likeness (QED) is 0.655. The van der Waals surface area contributed by atoms with E-state index < -0.39 is 18.2 Å². The van der Waals surface area contributed by atoms with Crippen LogP contribution in [0.3, 0.4) is 0 Å². The van der Waals surface area contributed by atoms with Crippen LogP contribution < -0.4 is 0 Å². The first-order valence-corrected chi connectivity index (χ1v) is 4.11. The zero-order chi connectivity index (χ0) is 9.04. The number of hydrogen-bond acceptors (Lipinski definition) is 1. The zero-order valence-corrected chi connectivity index (χ0v) is 6.62. The van der Waals surface area contributed by atoms with E-state index in [9.17, 15) is 13.2 Å². The average Bonchev–Trinajstić information content (AvgIpc) is 2.58. The number of aliphatic hydroxyl groups excluding tert-OH is 1. The summed E-state index contributed by atoms with van der Waals surface area (Å²) in [5, 5.41) is 8.71. The normalized spacial score (nSPS) is 30.0. The van der Waals surface area contributed by atoms with E-state index in [2.05, 4.69) is 0 Å². The van der Waals surface area contributed by atoms with Crippen LogP contribution in [-0.2, 0) is 0 Å². The molecule has 4 heteroatoms. The molecule has 0 saturated heterocycles. The first-order valence-electron chi connectivity index (χ1n) is 4.11. The summed E-state index contributed by atoms with van der Waals surface area (Å²) in [6, 6.07) is 0. The summed E-state index contributed by atoms with van der Waals surface area (Å²) in [4.78, 5) is 0. The highest BCUT2D eigenvalue weighted by Crippen LogP contribution is 2.72. The Morgan fingerprint density at radius 1 is 1.17 bits per heavy atom. The van der Waals surface area contributed by atoms with Gasteiger partial charge >= 0.3 is 6.18 Å². The molecule has 0 heterocycles. The lowest BCUT2D eigenvalue weighted by Crippen LogP contribution is -2.52. The second kappa shape index (κ2) is 1.97. The van der Waals surface area contributed by atoms with Crippen molar-refractivity contribution in [1.82, 2.24) is 0 Å². The van der Waals surface area contributed by atoms with Gasteiger partial charge in [-0.05, 0) is 31.1 Å². The van der Waals surface area contributed by atoms with Crippen molar-refractivity contribution in [2.45, 2.75) is 31.9 Å². The van der Waals surface area contributed by atoms with Crippen LogP contribution in [0.15, 0.2) is 0 Å². The van der Waals surface area contributed by atoms with Crippen LogP contribution >= 0.6 is 0 Å². The Labute approximate surface area is 68.6 Å². The lowest BCUT2D eigenvalue weighted by molar-refractivity contribution is -0.279. The van der Waals surface area contributed by atoms with Gasteiger partial charge in [0.25, 0.3) is 0 Å². The third kappa shape index (κ3) is 0.903.